The van der Waals surface area contributed by atoms with Gasteiger partial charge in [-0.05, 0) is 68.0 Å². The van der Waals surface area contributed by atoms with Crippen LogP contribution in [0.1, 0.15) is 123 Å². The molecule has 28 heteroatoms. The van der Waals surface area contributed by atoms with Crippen LogP contribution in [-0.2, 0) is 104 Å². The number of rotatable bonds is 34. The number of methoxy groups -OCH3 is 2. The summed E-state index contributed by atoms with van der Waals surface area (Å²) in [6.45, 7) is 13.3. The van der Waals surface area contributed by atoms with Gasteiger partial charge in [0.2, 0.25) is 35.4 Å². The van der Waals surface area contributed by atoms with Crippen molar-refractivity contribution in [3.05, 3.63) is 76.3 Å². The van der Waals surface area contributed by atoms with Crippen molar-refractivity contribution in [3.63, 3.8) is 0 Å². The fourth-order valence-corrected chi connectivity index (χ4v) is 9.92. The Labute approximate surface area is 541 Å². The van der Waals surface area contributed by atoms with Crippen molar-refractivity contribution in [1.29, 1.82) is 0 Å². The highest BCUT2D eigenvalue weighted by atomic mass is 35.5. The molecular weight excluding hydrogens is 1220 g/mol. The Morgan fingerprint density at radius 3 is 2.07 bits per heavy atom. The molecule has 3 heterocycles. The summed E-state index contributed by atoms with van der Waals surface area (Å²) in [4.78, 5) is 151. The number of imide groups is 1. The number of nitrogens with zero attached hydrogens (tertiary/aromatic N) is 2. The molecule has 0 radical (unpaired) electrons. The lowest BCUT2D eigenvalue weighted by Gasteiger charge is -2.29. The molecule has 508 valence electrons. The molecule has 0 aliphatic carbocycles. The van der Waals surface area contributed by atoms with E-state index < -0.39 is 131 Å². The van der Waals surface area contributed by atoms with E-state index in [1.165, 1.54) is 25.0 Å². The SMILES string of the molecule is CCC[C@@H]1OC(=O)C(C)(C)CNC(=O)[C@@H](Cc2ccc(OC)c(Cl)c2)NC(=O)/C=C/C[C@@H]([C@H](C)[C@H]2O[C@@H]2c2ccc(CNC(=O)[C@H](C)NC(=O)[C@@H](NC(=O)CCN(CCC(=O)ON3C(=O)CCC3=O)C(=O)CCOCCOCCOCCOC)C(C)C)cc2)OC1=O. The van der Waals surface area contributed by atoms with Crippen LogP contribution in [0.2, 0.25) is 5.02 Å². The standard InChI is InChI=1S/C64H90ClN7O20/c1-10-12-49-62(82)89-47(13-11-14-50(73)69-46(36-43-17-20-48(85-9)45(65)35-43)60(80)67-38-64(6,7)63(83)90-49)40(4)57-58(91-57)44-18-15-42(16-19-44)37-66-59(79)41(5)68-61(81)56(39(2)3)70-51(74)23-26-71(27-24-55(78)92-72-53(76)21-22-54(72)77)52(75)25-28-86-31-32-88-34-33-87-30-29-84-8/h11,14-20,35,39-41,46-47,49,56-58H,10,12-13,21-34,36-38H2,1-9H3,(H,66,79)(H,67,80)(H,68,81)(H,69,73)(H,70,74)/b14-11+/t40-,41-,46+,47-,49-,56-,57+,58+/m0/s1. The lowest BCUT2D eigenvalue weighted by Crippen LogP contribution is -2.54. The summed E-state index contributed by atoms with van der Waals surface area (Å²) < 4.78 is 44.6. The third-order valence-corrected chi connectivity index (χ3v) is 15.6. The van der Waals surface area contributed by atoms with Crippen molar-refractivity contribution in [2.45, 2.75) is 155 Å². The average molecular weight is 1310 g/mol. The van der Waals surface area contributed by atoms with E-state index in [1.54, 1.807) is 71.2 Å². The molecule has 0 saturated carbocycles. The summed E-state index contributed by atoms with van der Waals surface area (Å²) in [6, 6.07) is 9.09. The second kappa shape index (κ2) is 37.8. The van der Waals surface area contributed by atoms with Crippen molar-refractivity contribution >= 4 is 76.8 Å². The predicted molar refractivity (Wildman–Crippen MR) is 330 cm³/mol. The molecule has 3 aliphatic rings. The van der Waals surface area contributed by atoms with Crippen LogP contribution < -0.4 is 31.3 Å². The highest BCUT2D eigenvalue weighted by molar-refractivity contribution is 6.32. The van der Waals surface area contributed by atoms with E-state index >= 15 is 0 Å². The van der Waals surface area contributed by atoms with Crippen molar-refractivity contribution in [1.82, 2.24) is 36.5 Å². The molecule has 2 saturated heterocycles. The molecule has 5 rings (SSSR count). The van der Waals surface area contributed by atoms with Crippen molar-refractivity contribution in [2.75, 3.05) is 80.1 Å². The van der Waals surface area contributed by atoms with Crippen LogP contribution in [0.3, 0.4) is 0 Å². The normalized spacial score (nSPS) is 20.8. The van der Waals surface area contributed by atoms with Crippen LogP contribution in [0.4, 0.5) is 0 Å². The Hall–Kier alpha value is -7.56. The summed E-state index contributed by atoms with van der Waals surface area (Å²) in [5, 5.41) is 14.4. The molecule has 2 fully saturated rings. The zero-order valence-electron chi connectivity index (χ0n) is 54.0. The summed E-state index contributed by atoms with van der Waals surface area (Å²) in [7, 11) is 3.05. The van der Waals surface area contributed by atoms with Crippen molar-refractivity contribution in [3.8, 4) is 5.75 Å². The number of esters is 2. The molecule has 0 spiro atoms. The second-order valence-corrected chi connectivity index (χ2v) is 23.9. The number of cyclic esters (lactones) is 2. The average Bonchev–Trinajstić information content (AvgIpc) is 1.65. The van der Waals surface area contributed by atoms with Gasteiger partial charge in [0.15, 0.2) is 6.10 Å². The van der Waals surface area contributed by atoms with Gasteiger partial charge in [0.05, 0.1) is 82.7 Å². The largest absolute Gasteiger partial charge is 0.495 e. The molecule has 0 unspecified atom stereocenters. The molecule has 0 aromatic heterocycles. The minimum Gasteiger partial charge on any atom is -0.495 e. The lowest BCUT2D eigenvalue weighted by molar-refractivity contribution is -0.197. The van der Waals surface area contributed by atoms with Gasteiger partial charge < -0.3 is 74.2 Å². The first kappa shape index (κ1) is 75.2. The summed E-state index contributed by atoms with van der Waals surface area (Å²) in [5.74, 6) is -7.58. The maximum atomic E-state index is 13.9. The number of carbonyl (C=O) groups excluding carboxylic acids is 11. The third-order valence-electron chi connectivity index (χ3n) is 15.3. The molecule has 5 N–H and O–H groups in total. The molecular formula is C64H90ClN7O20. The highest BCUT2D eigenvalue weighted by Gasteiger charge is 2.48. The van der Waals surface area contributed by atoms with Crippen LogP contribution in [0.15, 0.2) is 54.6 Å². The second-order valence-electron chi connectivity index (χ2n) is 23.5. The van der Waals surface area contributed by atoms with Crippen LogP contribution in [-0.4, -0.2) is 192 Å². The lowest BCUT2D eigenvalue weighted by atomic mass is 9.93. The smallest absolute Gasteiger partial charge is 0.347 e. The number of halogens is 1. The molecule has 8 amide bonds. The number of amides is 8. The molecule has 92 heavy (non-hydrogen) atoms. The third kappa shape index (κ3) is 24.5. The Balaban J connectivity index is 1.14. The first-order valence-corrected chi connectivity index (χ1v) is 31.4. The number of epoxide rings is 1. The minimum atomic E-state index is -1.29. The van der Waals surface area contributed by atoms with Gasteiger partial charge >= 0.3 is 17.9 Å². The van der Waals surface area contributed by atoms with Crippen LogP contribution in [0.5, 0.6) is 5.75 Å². The molecule has 2 aromatic rings. The van der Waals surface area contributed by atoms with E-state index in [4.69, 9.17) is 54.3 Å². The quantitative estimate of drug-likeness (QED) is 0.0290. The number of ether oxygens (including phenoxy) is 8. The predicted octanol–water partition coefficient (Wildman–Crippen LogP) is 3.44. The van der Waals surface area contributed by atoms with Crippen LogP contribution in [0, 0.1) is 17.3 Å². The van der Waals surface area contributed by atoms with Crippen LogP contribution >= 0.6 is 11.6 Å². The molecule has 0 bridgehead atoms. The van der Waals surface area contributed by atoms with Gasteiger partial charge in [0, 0.05) is 71.3 Å². The van der Waals surface area contributed by atoms with Crippen molar-refractivity contribution in [2.24, 2.45) is 17.3 Å². The number of carbonyl (C=O) groups is 11. The Kier molecular flexibility index (Phi) is 30.9. The van der Waals surface area contributed by atoms with Crippen LogP contribution in [0.25, 0.3) is 0 Å². The maximum absolute atomic E-state index is 13.9. The van der Waals surface area contributed by atoms with Gasteiger partial charge in [-0.1, -0.05) is 82.1 Å². The van der Waals surface area contributed by atoms with E-state index in [-0.39, 0.29) is 90.9 Å². The number of hydroxylamine groups is 2. The van der Waals surface area contributed by atoms with E-state index in [9.17, 15) is 52.7 Å². The molecule has 27 nitrogen and oxygen atoms in total. The first-order chi connectivity index (χ1) is 43.8. The number of hydrogen-bond acceptors (Lipinski definition) is 20. The summed E-state index contributed by atoms with van der Waals surface area (Å²) in [6.07, 6.45) is -0.381. The molecule has 8 atom stereocenters. The fourth-order valence-electron chi connectivity index (χ4n) is 9.64. The zero-order chi connectivity index (χ0) is 67.5. The Morgan fingerprint density at radius 2 is 1.43 bits per heavy atom. The summed E-state index contributed by atoms with van der Waals surface area (Å²) in [5.41, 5.74) is 0.862. The van der Waals surface area contributed by atoms with E-state index in [1.807, 2.05) is 26.0 Å². The monoisotopic (exact) mass is 1310 g/mol. The minimum absolute atomic E-state index is 0.00383. The van der Waals surface area contributed by atoms with Gasteiger partial charge in [-0.25, -0.2) is 9.59 Å². The van der Waals surface area contributed by atoms with Gasteiger partial charge in [0.25, 0.3) is 11.8 Å². The highest BCUT2D eigenvalue weighted by Crippen LogP contribution is 2.45. The maximum Gasteiger partial charge on any atom is 0.347 e. The summed E-state index contributed by atoms with van der Waals surface area (Å²) >= 11 is 6.38. The Bertz CT molecular complexity index is 2870. The number of nitrogens with one attached hydrogen (secondary N) is 5. The van der Waals surface area contributed by atoms with Gasteiger partial charge in [-0.3, -0.25) is 43.2 Å². The Morgan fingerprint density at radius 1 is 0.793 bits per heavy atom. The van der Waals surface area contributed by atoms with Crippen molar-refractivity contribution < 1.29 is 95.5 Å². The van der Waals surface area contributed by atoms with Gasteiger partial charge in [-0.2, -0.15) is 0 Å². The van der Waals surface area contributed by atoms with E-state index in [2.05, 4.69) is 26.6 Å². The number of benzene rings is 2. The first-order valence-electron chi connectivity index (χ1n) is 31.0. The van der Waals surface area contributed by atoms with Gasteiger partial charge in [-0.15, -0.1) is 5.06 Å². The van der Waals surface area contributed by atoms with E-state index in [0.717, 1.165) is 11.1 Å². The zero-order valence-corrected chi connectivity index (χ0v) is 54.7. The molecule has 2 aromatic carbocycles. The fraction of sp³-hybridized carbons (Fsp3) is 0.609. The number of hydrogen-bond donors (Lipinski definition) is 5. The van der Waals surface area contributed by atoms with Gasteiger partial charge in [0.1, 0.15) is 36.1 Å². The molecule has 3 aliphatic heterocycles. The van der Waals surface area contributed by atoms with E-state index in [0.29, 0.717) is 54.2 Å². The topological polar surface area (TPSA) is 341 Å².